The van der Waals surface area contributed by atoms with Crippen LogP contribution < -0.4 is 0 Å². The first-order valence-corrected chi connectivity index (χ1v) is 2.93. The molecule has 0 saturated carbocycles. The van der Waals surface area contributed by atoms with Gasteiger partial charge in [0.15, 0.2) is 0 Å². The number of aliphatic hydroxyl groups is 1. The fraction of sp³-hybridized carbons (Fsp3) is 0.714. The van der Waals surface area contributed by atoms with E-state index < -0.39 is 0 Å². The van der Waals surface area contributed by atoms with E-state index in [0.717, 1.165) is 0 Å². The first-order valence-electron chi connectivity index (χ1n) is 2.93. The second-order valence-corrected chi connectivity index (χ2v) is 2.32. The summed E-state index contributed by atoms with van der Waals surface area (Å²) in [5, 5.41) is 9.04. The average molecular weight is 127 g/mol. The molecular formula is C7H13NO. The number of likely N-dealkylation sites (N-methyl/N-ethyl adjacent to an activating group) is 1. The summed E-state index contributed by atoms with van der Waals surface area (Å²) in [5.74, 6) is 2.40. The van der Waals surface area contributed by atoms with Crippen molar-refractivity contribution in [3.8, 4) is 12.3 Å². The highest BCUT2D eigenvalue weighted by molar-refractivity contribution is 4.87. The van der Waals surface area contributed by atoms with E-state index in [-0.39, 0.29) is 6.10 Å². The summed E-state index contributed by atoms with van der Waals surface area (Å²) in [6.45, 7) is 0.643. The van der Waals surface area contributed by atoms with E-state index in [2.05, 4.69) is 5.92 Å². The molecule has 1 atom stereocenters. The van der Waals surface area contributed by atoms with E-state index in [9.17, 15) is 0 Å². The van der Waals surface area contributed by atoms with Gasteiger partial charge in [-0.15, -0.1) is 12.3 Å². The number of terminal acetylenes is 1. The summed E-state index contributed by atoms with van der Waals surface area (Å²) < 4.78 is 0. The fourth-order valence-electron chi connectivity index (χ4n) is 0.622. The molecule has 0 radical (unpaired) electrons. The van der Waals surface area contributed by atoms with Gasteiger partial charge in [-0.1, -0.05) is 0 Å². The maximum absolute atomic E-state index is 9.04. The second kappa shape index (κ2) is 4.37. The monoisotopic (exact) mass is 127 g/mol. The maximum atomic E-state index is 9.04. The van der Waals surface area contributed by atoms with Crippen LogP contribution in [0.2, 0.25) is 0 Å². The van der Waals surface area contributed by atoms with Crippen molar-refractivity contribution in [2.75, 3.05) is 20.6 Å². The fourth-order valence-corrected chi connectivity index (χ4v) is 0.622. The van der Waals surface area contributed by atoms with Crippen LogP contribution in [0.1, 0.15) is 6.42 Å². The molecule has 0 aliphatic rings. The summed E-state index contributed by atoms with van der Waals surface area (Å²) in [7, 11) is 3.81. The zero-order valence-corrected chi connectivity index (χ0v) is 5.96. The second-order valence-electron chi connectivity index (χ2n) is 2.32. The van der Waals surface area contributed by atoms with Gasteiger partial charge in [-0.25, -0.2) is 0 Å². The van der Waals surface area contributed by atoms with Gasteiger partial charge in [0, 0.05) is 13.0 Å². The number of hydrogen-bond acceptors (Lipinski definition) is 2. The van der Waals surface area contributed by atoms with Gasteiger partial charge < -0.3 is 10.0 Å². The Kier molecular flexibility index (Phi) is 4.12. The molecule has 0 aliphatic carbocycles. The third-order valence-corrected chi connectivity index (χ3v) is 0.929. The molecule has 2 heteroatoms. The van der Waals surface area contributed by atoms with Gasteiger partial charge in [0.05, 0.1) is 6.10 Å². The molecular weight excluding hydrogens is 114 g/mol. The molecule has 0 aromatic carbocycles. The van der Waals surface area contributed by atoms with Gasteiger partial charge in [0.25, 0.3) is 0 Å². The molecule has 0 rings (SSSR count). The maximum Gasteiger partial charge on any atom is 0.0775 e. The summed E-state index contributed by atoms with van der Waals surface area (Å²) >= 11 is 0. The van der Waals surface area contributed by atoms with Crippen molar-refractivity contribution in [1.29, 1.82) is 0 Å². The number of rotatable bonds is 3. The molecule has 0 heterocycles. The molecule has 0 aromatic rings. The van der Waals surface area contributed by atoms with Crippen molar-refractivity contribution in [2.24, 2.45) is 0 Å². The third kappa shape index (κ3) is 5.35. The molecule has 9 heavy (non-hydrogen) atoms. The molecule has 0 saturated heterocycles. The minimum atomic E-state index is -0.370. The van der Waals surface area contributed by atoms with E-state index in [1.165, 1.54) is 0 Å². The van der Waals surface area contributed by atoms with E-state index in [0.29, 0.717) is 13.0 Å². The van der Waals surface area contributed by atoms with E-state index in [4.69, 9.17) is 11.5 Å². The van der Waals surface area contributed by atoms with Crippen LogP contribution >= 0.6 is 0 Å². The highest BCUT2D eigenvalue weighted by atomic mass is 16.3. The third-order valence-electron chi connectivity index (χ3n) is 0.929. The van der Waals surface area contributed by atoms with Crippen LogP contribution in [0, 0.1) is 12.3 Å². The Labute approximate surface area is 56.5 Å². The van der Waals surface area contributed by atoms with Crippen LogP contribution in [-0.4, -0.2) is 36.8 Å². The van der Waals surface area contributed by atoms with Gasteiger partial charge in [0.1, 0.15) is 0 Å². The highest BCUT2D eigenvalue weighted by Crippen LogP contribution is 1.89. The smallest absolute Gasteiger partial charge is 0.0775 e. The van der Waals surface area contributed by atoms with Crippen LogP contribution in [-0.2, 0) is 0 Å². The lowest BCUT2D eigenvalue weighted by atomic mass is 10.2. The van der Waals surface area contributed by atoms with E-state index >= 15 is 0 Å². The van der Waals surface area contributed by atoms with Crippen LogP contribution in [0.15, 0.2) is 0 Å². The molecule has 1 N–H and O–H groups in total. The van der Waals surface area contributed by atoms with Crippen LogP contribution in [0.4, 0.5) is 0 Å². The lowest BCUT2D eigenvalue weighted by Gasteiger charge is -2.12. The summed E-state index contributed by atoms with van der Waals surface area (Å²) in [4.78, 5) is 1.90. The normalized spacial score (nSPS) is 13.2. The van der Waals surface area contributed by atoms with Gasteiger partial charge in [-0.3, -0.25) is 0 Å². The zero-order valence-electron chi connectivity index (χ0n) is 5.96. The standard InChI is InChI=1S/C7H13NO/c1-4-5-7(9)6-8(2)3/h1,7,9H,5-6H2,2-3H3. The molecule has 0 aromatic heterocycles. The zero-order chi connectivity index (χ0) is 7.28. The predicted octanol–water partition coefficient (Wildman–Crippen LogP) is -0.0678. The molecule has 2 nitrogen and oxygen atoms in total. The number of aliphatic hydroxyl groups excluding tert-OH is 1. The van der Waals surface area contributed by atoms with Gasteiger partial charge in [-0.2, -0.15) is 0 Å². The van der Waals surface area contributed by atoms with Crippen molar-refractivity contribution < 1.29 is 5.11 Å². The summed E-state index contributed by atoms with van der Waals surface area (Å²) in [6, 6.07) is 0. The molecule has 0 aliphatic heterocycles. The first-order chi connectivity index (χ1) is 4.16. The Morgan fingerprint density at radius 1 is 1.67 bits per heavy atom. The lowest BCUT2D eigenvalue weighted by Crippen LogP contribution is -2.25. The van der Waals surface area contributed by atoms with Gasteiger partial charge in [-0.05, 0) is 14.1 Å². The minimum Gasteiger partial charge on any atom is -0.391 e. The van der Waals surface area contributed by atoms with E-state index in [1.54, 1.807) is 0 Å². The summed E-state index contributed by atoms with van der Waals surface area (Å²) in [5.41, 5.74) is 0. The minimum absolute atomic E-state index is 0.370. The number of nitrogens with zero attached hydrogens (tertiary/aromatic N) is 1. The quantitative estimate of drug-likeness (QED) is 0.536. The molecule has 52 valence electrons. The molecule has 0 spiro atoms. The van der Waals surface area contributed by atoms with Crippen molar-refractivity contribution in [3.05, 3.63) is 0 Å². The Bertz CT molecular complexity index is 104. The van der Waals surface area contributed by atoms with Crippen LogP contribution in [0.25, 0.3) is 0 Å². The first kappa shape index (κ1) is 8.48. The predicted molar refractivity (Wildman–Crippen MR) is 38.0 cm³/mol. The molecule has 0 fully saturated rings. The van der Waals surface area contributed by atoms with Crippen LogP contribution in [0.5, 0.6) is 0 Å². The summed E-state index contributed by atoms with van der Waals surface area (Å²) in [6.07, 6.45) is 5.05. The Morgan fingerprint density at radius 3 is 2.56 bits per heavy atom. The van der Waals surface area contributed by atoms with Gasteiger partial charge >= 0.3 is 0 Å². The van der Waals surface area contributed by atoms with Gasteiger partial charge in [0.2, 0.25) is 0 Å². The molecule has 1 unspecified atom stereocenters. The van der Waals surface area contributed by atoms with E-state index in [1.807, 2.05) is 19.0 Å². The van der Waals surface area contributed by atoms with Crippen molar-refractivity contribution in [3.63, 3.8) is 0 Å². The highest BCUT2D eigenvalue weighted by Gasteiger charge is 2.01. The van der Waals surface area contributed by atoms with Crippen molar-refractivity contribution in [2.45, 2.75) is 12.5 Å². The lowest BCUT2D eigenvalue weighted by molar-refractivity contribution is 0.141. The topological polar surface area (TPSA) is 23.5 Å². The van der Waals surface area contributed by atoms with Crippen molar-refractivity contribution in [1.82, 2.24) is 4.90 Å². The van der Waals surface area contributed by atoms with Crippen molar-refractivity contribution >= 4 is 0 Å². The van der Waals surface area contributed by atoms with Crippen LogP contribution in [0.3, 0.4) is 0 Å². The molecule has 0 amide bonds. The Balaban J connectivity index is 3.29. The SMILES string of the molecule is C#CCC(O)CN(C)C. The average Bonchev–Trinajstić information content (AvgIpc) is 1.63. The number of hydrogen-bond donors (Lipinski definition) is 1. The Hall–Kier alpha value is -0.520. The molecule has 0 bridgehead atoms. The largest absolute Gasteiger partial charge is 0.391 e. The Morgan fingerprint density at radius 2 is 2.22 bits per heavy atom.